The monoisotopic (exact) mass is 236 g/mol. The van der Waals surface area contributed by atoms with Crippen molar-refractivity contribution in [2.45, 2.75) is 65.4 Å². The van der Waals surface area contributed by atoms with E-state index in [1.807, 2.05) is 0 Å². The molecule has 0 amide bonds. The number of rotatable bonds is 1. The van der Waals surface area contributed by atoms with Crippen molar-refractivity contribution in [1.82, 2.24) is 0 Å². The SMILES string of the molecule is CC(=O)O[C@@]12CC1[C@@]1(C)CCCC(C)(C)[C@H]1C2. The maximum Gasteiger partial charge on any atom is 0.303 e. The van der Waals surface area contributed by atoms with Crippen LogP contribution in [0.25, 0.3) is 0 Å². The molecule has 0 heterocycles. The Labute approximate surface area is 104 Å². The predicted molar refractivity (Wildman–Crippen MR) is 66.5 cm³/mol. The van der Waals surface area contributed by atoms with E-state index in [9.17, 15) is 4.79 Å². The second kappa shape index (κ2) is 3.07. The largest absolute Gasteiger partial charge is 0.459 e. The van der Waals surface area contributed by atoms with Crippen LogP contribution in [0.3, 0.4) is 0 Å². The van der Waals surface area contributed by atoms with E-state index >= 15 is 0 Å². The van der Waals surface area contributed by atoms with Crippen molar-refractivity contribution < 1.29 is 9.53 Å². The van der Waals surface area contributed by atoms with Crippen molar-refractivity contribution in [2.24, 2.45) is 22.7 Å². The maximum atomic E-state index is 11.3. The van der Waals surface area contributed by atoms with Gasteiger partial charge in [-0.2, -0.15) is 0 Å². The number of carbonyl (C=O) groups is 1. The van der Waals surface area contributed by atoms with Crippen LogP contribution in [0, 0.1) is 22.7 Å². The number of esters is 1. The van der Waals surface area contributed by atoms with Crippen molar-refractivity contribution in [2.75, 3.05) is 0 Å². The van der Waals surface area contributed by atoms with Gasteiger partial charge in [0.1, 0.15) is 5.60 Å². The molecule has 3 aliphatic carbocycles. The predicted octanol–water partition coefficient (Wildman–Crippen LogP) is 3.54. The first-order valence-electron chi connectivity index (χ1n) is 7.00. The van der Waals surface area contributed by atoms with E-state index in [0.717, 1.165) is 18.8 Å². The average Bonchev–Trinajstić information content (AvgIpc) is 2.80. The summed E-state index contributed by atoms with van der Waals surface area (Å²) < 4.78 is 5.68. The number of hydrogen-bond acceptors (Lipinski definition) is 2. The van der Waals surface area contributed by atoms with Gasteiger partial charge in [0.15, 0.2) is 0 Å². The summed E-state index contributed by atoms with van der Waals surface area (Å²) in [5, 5.41) is 0. The fraction of sp³-hybridized carbons (Fsp3) is 0.933. The van der Waals surface area contributed by atoms with Gasteiger partial charge in [-0.05, 0) is 42.4 Å². The van der Waals surface area contributed by atoms with Gasteiger partial charge < -0.3 is 4.74 Å². The highest BCUT2D eigenvalue weighted by atomic mass is 16.6. The molecule has 0 aromatic heterocycles. The van der Waals surface area contributed by atoms with Crippen molar-refractivity contribution in [3.63, 3.8) is 0 Å². The Balaban J connectivity index is 1.89. The first kappa shape index (κ1) is 11.6. The fourth-order valence-electron chi connectivity index (χ4n) is 5.23. The first-order valence-corrected chi connectivity index (χ1v) is 7.00. The molecule has 0 saturated heterocycles. The summed E-state index contributed by atoms with van der Waals surface area (Å²) in [6, 6.07) is 0. The van der Waals surface area contributed by atoms with E-state index in [1.165, 1.54) is 19.3 Å². The van der Waals surface area contributed by atoms with Gasteiger partial charge in [0.25, 0.3) is 0 Å². The molecule has 1 unspecified atom stereocenters. The lowest BCUT2D eigenvalue weighted by Crippen LogP contribution is -2.40. The summed E-state index contributed by atoms with van der Waals surface area (Å²) in [4.78, 5) is 11.3. The minimum Gasteiger partial charge on any atom is -0.459 e. The number of hydrogen-bond donors (Lipinski definition) is 0. The molecule has 0 aliphatic heterocycles. The van der Waals surface area contributed by atoms with Gasteiger partial charge >= 0.3 is 5.97 Å². The summed E-state index contributed by atoms with van der Waals surface area (Å²) in [5.41, 5.74) is 0.789. The van der Waals surface area contributed by atoms with Crippen LogP contribution >= 0.6 is 0 Å². The molecule has 4 atom stereocenters. The highest BCUT2D eigenvalue weighted by Gasteiger charge is 2.74. The molecule has 3 fully saturated rings. The third-order valence-electron chi connectivity index (χ3n) is 5.99. The highest BCUT2D eigenvalue weighted by molar-refractivity contribution is 5.67. The lowest BCUT2D eigenvalue weighted by molar-refractivity contribution is -0.149. The maximum absolute atomic E-state index is 11.3. The smallest absolute Gasteiger partial charge is 0.303 e. The van der Waals surface area contributed by atoms with Crippen molar-refractivity contribution >= 4 is 5.97 Å². The molecule has 96 valence electrons. The van der Waals surface area contributed by atoms with Crippen LogP contribution in [0.15, 0.2) is 0 Å². The lowest BCUT2D eigenvalue weighted by atomic mass is 9.56. The van der Waals surface area contributed by atoms with E-state index in [2.05, 4.69) is 20.8 Å². The number of ether oxygens (including phenoxy) is 1. The standard InChI is InChI=1S/C15H24O2/c1-10(16)17-15-8-11-13(2,3)6-5-7-14(11,4)12(15)9-15/h11-12H,5-9H2,1-4H3/t11-,12?,14+,15+/m1/s1. The molecule has 3 rings (SSSR count). The third-order valence-corrected chi connectivity index (χ3v) is 5.99. The Kier molecular flexibility index (Phi) is 2.09. The zero-order valence-corrected chi connectivity index (χ0v) is 11.5. The van der Waals surface area contributed by atoms with Crippen LogP contribution in [0.5, 0.6) is 0 Å². The molecule has 0 spiro atoms. The van der Waals surface area contributed by atoms with Crippen LogP contribution in [0.1, 0.15) is 59.8 Å². The molecule has 0 radical (unpaired) electrons. The molecule has 2 nitrogen and oxygen atoms in total. The second-order valence-corrected chi connectivity index (χ2v) is 7.52. The quantitative estimate of drug-likeness (QED) is 0.651. The Morgan fingerprint density at radius 3 is 2.35 bits per heavy atom. The van der Waals surface area contributed by atoms with Crippen LogP contribution in [-0.4, -0.2) is 11.6 Å². The molecule has 3 aliphatic rings. The molecule has 3 saturated carbocycles. The summed E-state index contributed by atoms with van der Waals surface area (Å²) in [7, 11) is 0. The van der Waals surface area contributed by atoms with Crippen LogP contribution in [-0.2, 0) is 9.53 Å². The van der Waals surface area contributed by atoms with Crippen molar-refractivity contribution in [1.29, 1.82) is 0 Å². The van der Waals surface area contributed by atoms with E-state index in [1.54, 1.807) is 6.92 Å². The molecule has 0 N–H and O–H groups in total. The highest BCUT2D eigenvalue weighted by Crippen LogP contribution is 2.75. The Bertz CT molecular complexity index is 373. The zero-order valence-electron chi connectivity index (χ0n) is 11.5. The Morgan fingerprint density at radius 2 is 1.76 bits per heavy atom. The first-order chi connectivity index (χ1) is 7.80. The Morgan fingerprint density at radius 1 is 1.12 bits per heavy atom. The minimum atomic E-state index is -0.0902. The topological polar surface area (TPSA) is 26.3 Å². The molecular formula is C15H24O2. The van der Waals surface area contributed by atoms with Crippen LogP contribution in [0.2, 0.25) is 0 Å². The third kappa shape index (κ3) is 1.42. The van der Waals surface area contributed by atoms with Crippen LogP contribution in [0.4, 0.5) is 0 Å². The zero-order chi connectivity index (χ0) is 12.5. The Hall–Kier alpha value is -0.530. The number of carbonyl (C=O) groups excluding carboxylic acids is 1. The van der Waals surface area contributed by atoms with Gasteiger partial charge in [0.2, 0.25) is 0 Å². The molecule has 17 heavy (non-hydrogen) atoms. The van der Waals surface area contributed by atoms with Crippen LogP contribution < -0.4 is 0 Å². The molecule has 0 aromatic rings. The summed E-state index contributed by atoms with van der Waals surface area (Å²) in [5.74, 6) is 1.29. The van der Waals surface area contributed by atoms with Crippen molar-refractivity contribution in [3.05, 3.63) is 0 Å². The molecule has 2 heteroatoms. The van der Waals surface area contributed by atoms with Gasteiger partial charge in [-0.15, -0.1) is 0 Å². The molecular weight excluding hydrogens is 212 g/mol. The molecule has 0 bridgehead atoms. The van der Waals surface area contributed by atoms with E-state index in [4.69, 9.17) is 4.74 Å². The van der Waals surface area contributed by atoms with Gasteiger partial charge in [0, 0.05) is 12.8 Å². The average molecular weight is 236 g/mol. The van der Waals surface area contributed by atoms with Gasteiger partial charge in [-0.3, -0.25) is 4.79 Å². The minimum absolute atomic E-state index is 0.0626. The second-order valence-electron chi connectivity index (χ2n) is 7.52. The summed E-state index contributed by atoms with van der Waals surface area (Å²) >= 11 is 0. The lowest BCUT2D eigenvalue weighted by Gasteiger charge is -2.48. The van der Waals surface area contributed by atoms with Crippen molar-refractivity contribution in [3.8, 4) is 0 Å². The van der Waals surface area contributed by atoms with E-state index in [0.29, 0.717) is 16.7 Å². The van der Waals surface area contributed by atoms with Gasteiger partial charge in [-0.1, -0.05) is 27.2 Å². The molecule has 0 aromatic carbocycles. The summed E-state index contributed by atoms with van der Waals surface area (Å²) in [6.45, 7) is 8.81. The van der Waals surface area contributed by atoms with Gasteiger partial charge in [-0.25, -0.2) is 0 Å². The van der Waals surface area contributed by atoms with E-state index in [-0.39, 0.29) is 11.6 Å². The summed E-state index contributed by atoms with van der Waals surface area (Å²) in [6.07, 6.45) is 6.23. The normalized spacial score (nSPS) is 50.4. The fourth-order valence-corrected chi connectivity index (χ4v) is 5.23. The van der Waals surface area contributed by atoms with E-state index < -0.39 is 0 Å². The number of fused-ring (bicyclic) bond motifs is 3. The van der Waals surface area contributed by atoms with Gasteiger partial charge in [0.05, 0.1) is 0 Å².